The van der Waals surface area contributed by atoms with Crippen molar-refractivity contribution in [3.05, 3.63) is 28.5 Å². The van der Waals surface area contributed by atoms with Gasteiger partial charge in [0.05, 0.1) is 5.69 Å². The van der Waals surface area contributed by atoms with Gasteiger partial charge in [0.25, 0.3) is 0 Å². The van der Waals surface area contributed by atoms with Crippen molar-refractivity contribution in [3.63, 3.8) is 0 Å². The minimum atomic E-state index is 0.870. The van der Waals surface area contributed by atoms with Crippen LogP contribution in [0.3, 0.4) is 0 Å². The lowest BCUT2D eigenvalue weighted by molar-refractivity contribution is 0.354. The van der Waals surface area contributed by atoms with Crippen LogP contribution in [-0.4, -0.2) is 4.98 Å². The predicted molar refractivity (Wildman–Crippen MR) is 62.2 cm³/mol. The number of hydrogen-bond donors (Lipinski definition) is 0. The van der Waals surface area contributed by atoms with Crippen molar-refractivity contribution in [2.75, 3.05) is 0 Å². The van der Waals surface area contributed by atoms with E-state index in [2.05, 4.69) is 27.0 Å². The molecule has 0 N–H and O–H groups in total. The van der Waals surface area contributed by atoms with Gasteiger partial charge < -0.3 is 0 Å². The fraction of sp³-hybridized carbons (Fsp3) is 0.583. The summed E-state index contributed by atoms with van der Waals surface area (Å²) >= 11 is 3.56. The summed E-state index contributed by atoms with van der Waals surface area (Å²) in [6.45, 7) is 0. The fourth-order valence-electron chi connectivity index (χ4n) is 2.23. The molecule has 0 radical (unpaired) electrons. The Bertz CT molecular complexity index is 292. The molecule has 1 saturated carbocycles. The quantitative estimate of drug-likeness (QED) is 0.778. The zero-order valence-electron chi connectivity index (χ0n) is 8.38. The first-order chi connectivity index (χ1) is 6.86. The van der Waals surface area contributed by atoms with Crippen molar-refractivity contribution in [1.29, 1.82) is 0 Å². The Hall–Kier alpha value is -0.370. The summed E-state index contributed by atoms with van der Waals surface area (Å²) in [5.41, 5.74) is 1.24. The molecule has 0 aliphatic heterocycles. The number of nitrogens with zero attached hydrogens (tertiary/aromatic N) is 1. The molecule has 1 aromatic heterocycles. The third-order valence-electron chi connectivity index (χ3n) is 3.04. The Morgan fingerprint density at radius 3 is 2.79 bits per heavy atom. The third-order valence-corrected chi connectivity index (χ3v) is 3.76. The highest BCUT2D eigenvalue weighted by molar-refractivity contribution is 9.10. The van der Waals surface area contributed by atoms with Crippen molar-refractivity contribution >= 4 is 15.9 Å². The normalized spacial score (nSPS) is 18.4. The van der Waals surface area contributed by atoms with E-state index in [0.29, 0.717) is 0 Å². The maximum absolute atomic E-state index is 4.43. The van der Waals surface area contributed by atoms with Crippen LogP contribution in [0, 0.1) is 5.92 Å². The summed E-state index contributed by atoms with van der Waals surface area (Å²) in [5, 5.41) is 0. The molecular weight excluding hydrogens is 238 g/mol. The lowest BCUT2D eigenvalue weighted by Crippen LogP contribution is -2.10. The van der Waals surface area contributed by atoms with Crippen molar-refractivity contribution in [2.45, 2.75) is 38.5 Å². The lowest BCUT2D eigenvalue weighted by Gasteiger charge is -2.21. The molecule has 1 heterocycles. The maximum Gasteiger partial charge on any atom is 0.0548 e. The summed E-state index contributed by atoms with van der Waals surface area (Å²) in [6.07, 6.45) is 10.1. The van der Waals surface area contributed by atoms with E-state index in [1.807, 2.05) is 12.3 Å². The van der Waals surface area contributed by atoms with Crippen molar-refractivity contribution in [3.8, 4) is 0 Å². The summed E-state index contributed by atoms with van der Waals surface area (Å²) in [5.74, 6) is 0.870. The van der Waals surface area contributed by atoms with Gasteiger partial charge in [-0.25, -0.2) is 0 Å². The van der Waals surface area contributed by atoms with Gasteiger partial charge in [0.1, 0.15) is 0 Å². The van der Waals surface area contributed by atoms with Crippen LogP contribution in [0.25, 0.3) is 0 Å². The molecule has 1 fully saturated rings. The topological polar surface area (TPSA) is 12.9 Å². The smallest absolute Gasteiger partial charge is 0.0548 e. The molecule has 76 valence electrons. The summed E-state index contributed by atoms with van der Waals surface area (Å²) < 4.78 is 1.17. The SMILES string of the molecule is Brc1cccnc1CC1CCCCC1. The van der Waals surface area contributed by atoms with E-state index in [9.17, 15) is 0 Å². The number of rotatable bonds is 2. The first-order valence-electron chi connectivity index (χ1n) is 5.45. The lowest BCUT2D eigenvalue weighted by atomic mass is 9.86. The molecule has 2 rings (SSSR count). The van der Waals surface area contributed by atoms with Crippen LogP contribution >= 0.6 is 15.9 Å². The van der Waals surface area contributed by atoms with Crippen LogP contribution in [0.2, 0.25) is 0 Å². The molecular formula is C12H16BrN. The Kier molecular flexibility index (Phi) is 3.57. The van der Waals surface area contributed by atoms with E-state index in [4.69, 9.17) is 0 Å². The second kappa shape index (κ2) is 4.92. The van der Waals surface area contributed by atoms with Gasteiger partial charge in [0.2, 0.25) is 0 Å². The fourth-order valence-corrected chi connectivity index (χ4v) is 2.65. The van der Waals surface area contributed by atoms with E-state index >= 15 is 0 Å². The standard InChI is InChI=1S/C12H16BrN/c13-11-7-4-8-14-12(11)9-10-5-2-1-3-6-10/h4,7-8,10H,1-3,5-6,9H2. The highest BCUT2D eigenvalue weighted by atomic mass is 79.9. The van der Waals surface area contributed by atoms with Crippen LogP contribution in [0.1, 0.15) is 37.8 Å². The van der Waals surface area contributed by atoms with Gasteiger partial charge >= 0.3 is 0 Å². The van der Waals surface area contributed by atoms with Crippen LogP contribution in [-0.2, 0) is 6.42 Å². The molecule has 0 saturated heterocycles. The molecule has 1 aliphatic carbocycles. The van der Waals surface area contributed by atoms with Gasteiger partial charge in [0.15, 0.2) is 0 Å². The number of pyridine rings is 1. The minimum Gasteiger partial charge on any atom is -0.260 e. The van der Waals surface area contributed by atoms with E-state index in [1.165, 1.54) is 42.3 Å². The third kappa shape index (κ3) is 2.57. The Balaban J connectivity index is 1.99. The number of hydrogen-bond acceptors (Lipinski definition) is 1. The second-order valence-corrected chi connectivity index (χ2v) is 4.99. The Morgan fingerprint density at radius 1 is 1.29 bits per heavy atom. The Labute approximate surface area is 94.1 Å². The molecule has 1 aliphatic rings. The molecule has 0 amide bonds. The van der Waals surface area contributed by atoms with E-state index in [-0.39, 0.29) is 0 Å². The monoisotopic (exact) mass is 253 g/mol. The molecule has 0 atom stereocenters. The minimum absolute atomic E-state index is 0.870. The summed E-state index contributed by atoms with van der Waals surface area (Å²) in [7, 11) is 0. The highest BCUT2D eigenvalue weighted by Gasteiger charge is 2.15. The highest BCUT2D eigenvalue weighted by Crippen LogP contribution is 2.28. The Morgan fingerprint density at radius 2 is 2.07 bits per heavy atom. The summed E-state index contributed by atoms with van der Waals surface area (Å²) in [4.78, 5) is 4.43. The number of halogens is 1. The van der Waals surface area contributed by atoms with Gasteiger partial charge in [-0.1, -0.05) is 32.1 Å². The van der Waals surface area contributed by atoms with Crippen molar-refractivity contribution in [1.82, 2.24) is 4.98 Å². The van der Waals surface area contributed by atoms with E-state index in [0.717, 1.165) is 12.3 Å². The first kappa shape index (κ1) is 10.2. The van der Waals surface area contributed by atoms with Crippen LogP contribution in [0.5, 0.6) is 0 Å². The van der Waals surface area contributed by atoms with Crippen molar-refractivity contribution < 1.29 is 0 Å². The second-order valence-electron chi connectivity index (χ2n) is 4.14. The summed E-state index contributed by atoms with van der Waals surface area (Å²) in [6, 6.07) is 4.07. The van der Waals surface area contributed by atoms with Gasteiger partial charge in [-0.15, -0.1) is 0 Å². The zero-order chi connectivity index (χ0) is 9.80. The van der Waals surface area contributed by atoms with Crippen LogP contribution < -0.4 is 0 Å². The molecule has 1 nitrogen and oxygen atoms in total. The van der Waals surface area contributed by atoms with Gasteiger partial charge in [-0.2, -0.15) is 0 Å². The largest absolute Gasteiger partial charge is 0.260 e. The zero-order valence-corrected chi connectivity index (χ0v) is 9.96. The van der Waals surface area contributed by atoms with E-state index < -0.39 is 0 Å². The van der Waals surface area contributed by atoms with Crippen LogP contribution in [0.15, 0.2) is 22.8 Å². The molecule has 0 spiro atoms. The van der Waals surface area contributed by atoms with Gasteiger partial charge in [-0.3, -0.25) is 4.98 Å². The molecule has 0 bridgehead atoms. The number of aromatic nitrogens is 1. The van der Waals surface area contributed by atoms with Crippen molar-refractivity contribution in [2.24, 2.45) is 5.92 Å². The average molecular weight is 254 g/mol. The van der Waals surface area contributed by atoms with E-state index in [1.54, 1.807) is 0 Å². The van der Waals surface area contributed by atoms with Gasteiger partial charge in [0, 0.05) is 10.7 Å². The average Bonchev–Trinajstić information content (AvgIpc) is 2.23. The molecule has 1 aromatic rings. The van der Waals surface area contributed by atoms with Crippen LogP contribution in [0.4, 0.5) is 0 Å². The molecule has 14 heavy (non-hydrogen) atoms. The first-order valence-corrected chi connectivity index (χ1v) is 6.25. The molecule has 2 heteroatoms. The van der Waals surface area contributed by atoms with Gasteiger partial charge in [-0.05, 0) is 40.4 Å². The maximum atomic E-state index is 4.43. The molecule has 0 aromatic carbocycles. The molecule has 0 unspecified atom stereocenters. The predicted octanol–water partition coefficient (Wildman–Crippen LogP) is 3.97.